The molecule has 15 heavy (non-hydrogen) atoms. The van der Waals surface area contributed by atoms with Crippen molar-refractivity contribution in [2.24, 2.45) is 0 Å². The first-order chi connectivity index (χ1) is 7.25. The SMILES string of the molecule is [B]C1CCCc2c1[nH]c1ccc(Cl)cc21. The summed E-state index contributed by atoms with van der Waals surface area (Å²) < 4.78 is 0. The van der Waals surface area contributed by atoms with Gasteiger partial charge in [0.15, 0.2) is 0 Å². The number of aryl methyl sites for hydroxylation is 1. The predicted octanol–water partition coefficient (Wildman–Crippen LogP) is 3.37. The van der Waals surface area contributed by atoms with Crippen LogP contribution in [0.5, 0.6) is 0 Å². The Kier molecular flexibility index (Phi) is 2.06. The average molecular weight is 215 g/mol. The maximum atomic E-state index is 6.08. The molecule has 0 saturated carbocycles. The molecule has 1 aliphatic carbocycles. The van der Waals surface area contributed by atoms with E-state index in [0.29, 0.717) is 0 Å². The van der Waals surface area contributed by atoms with Gasteiger partial charge in [0.1, 0.15) is 0 Å². The summed E-state index contributed by atoms with van der Waals surface area (Å²) in [4.78, 5) is 3.41. The zero-order chi connectivity index (χ0) is 10.4. The lowest BCUT2D eigenvalue weighted by Crippen LogP contribution is -2.08. The summed E-state index contributed by atoms with van der Waals surface area (Å²) in [5, 5.41) is 2.04. The van der Waals surface area contributed by atoms with Gasteiger partial charge in [-0.1, -0.05) is 18.0 Å². The second kappa shape index (κ2) is 3.31. The quantitative estimate of drug-likeness (QED) is 0.649. The molecule has 0 aliphatic heterocycles. The van der Waals surface area contributed by atoms with E-state index in [0.717, 1.165) is 23.4 Å². The minimum absolute atomic E-state index is 0.167. The van der Waals surface area contributed by atoms with Crippen molar-refractivity contribution in [2.75, 3.05) is 0 Å². The van der Waals surface area contributed by atoms with E-state index < -0.39 is 0 Å². The standard InChI is InChI=1S/C12H11BClN/c13-10-3-1-2-8-9-6-7(14)4-5-11(9)15-12(8)10/h4-6,10,15H,1-3H2. The third-order valence-electron chi connectivity index (χ3n) is 3.21. The van der Waals surface area contributed by atoms with Gasteiger partial charge in [-0.05, 0) is 42.4 Å². The van der Waals surface area contributed by atoms with Gasteiger partial charge in [0, 0.05) is 21.6 Å². The van der Waals surface area contributed by atoms with Crippen LogP contribution in [0.25, 0.3) is 10.9 Å². The first kappa shape index (κ1) is 9.35. The van der Waals surface area contributed by atoms with E-state index >= 15 is 0 Å². The fourth-order valence-corrected chi connectivity index (χ4v) is 2.64. The maximum absolute atomic E-state index is 6.08. The Morgan fingerprint density at radius 3 is 3.13 bits per heavy atom. The molecule has 3 heteroatoms. The number of benzene rings is 1. The Balaban J connectivity index is 2.31. The molecule has 0 spiro atoms. The normalized spacial score (nSPS) is 20.5. The minimum Gasteiger partial charge on any atom is -0.359 e. The van der Waals surface area contributed by atoms with E-state index in [1.807, 2.05) is 18.2 Å². The topological polar surface area (TPSA) is 15.8 Å². The number of aromatic amines is 1. The summed E-state index contributed by atoms with van der Waals surface area (Å²) in [5.74, 6) is 0.167. The van der Waals surface area contributed by atoms with Crippen LogP contribution in [-0.2, 0) is 6.42 Å². The van der Waals surface area contributed by atoms with Crippen LogP contribution in [0.3, 0.4) is 0 Å². The van der Waals surface area contributed by atoms with Crippen LogP contribution < -0.4 is 0 Å². The lowest BCUT2D eigenvalue weighted by atomic mass is 9.74. The fraction of sp³-hybridized carbons (Fsp3) is 0.333. The molecular weight excluding hydrogens is 204 g/mol. The molecule has 0 fully saturated rings. The molecular formula is C12H11BClN. The molecule has 0 amide bonds. The van der Waals surface area contributed by atoms with Gasteiger partial charge in [-0.25, -0.2) is 0 Å². The Bertz CT molecular complexity index is 518. The van der Waals surface area contributed by atoms with E-state index in [-0.39, 0.29) is 5.82 Å². The molecule has 1 atom stereocenters. The maximum Gasteiger partial charge on any atom is 0.0784 e. The lowest BCUT2D eigenvalue weighted by molar-refractivity contribution is 0.660. The lowest BCUT2D eigenvalue weighted by Gasteiger charge is -2.18. The van der Waals surface area contributed by atoms with E-state index in [9.17, 15) is 0 Å². The van der Waals surface area contributed by atoms with Crippen LogP contribution in [0.2, 0.25) is 5.02 Å². The zero-order valence-electron chi connectivity index (χ0n) is 8.39. The first-order valence-corrected chi connectivity index (χ1v) is 5.69. The molecule has 1 aromatic heterocycles. The van der Waals surface area contributed by atoms with E-state index in [1.54, 1.807) is 0 Å². The average Bonchev–Trinajstić information content (AvgIpc) is 2.58. The summed E-state index contributed by atoms with van der Waals surface area (Å²) in [6.45, 7) is 0. The van der Waals surface area contributed by atoms with Gasteiger partial charge in [-0.3, -0.25) is 0 Å². The zero-order valence-corrected chi connectivity index (χ0v) is 9.14. The van der Waals surface area contributed by atoms with Crippen molar-refractivity contribution in [1.82, 2.24) is 4.98 Å². The Morgan fingerprint density at radius 2 is 2.27 bits per heavy atom. The van der Waals surface area contributed by atoms with Crippen molar-refractivity contribution in [3.8, 4) is 0 Å². The van der Waals surface area contributed by atoms with Gasteiger partial charge in [0.2, 0.25) is 0 Å². The highest BCUT2D eigenvalue weighted by molar-refractivity contribution is 6.31. The fourth-order valence-electron chi connectivity index (χ4n) is 2.47. The van der Waals surface area contributed by atoms with E-state index in [1.165, 1.54) is 23.1 Å². The molecule has 2 radical (unpaired) electrons. The van der Waals surface area contributed by atoms with Crippen molar-refractivity contribution in [3.63, 3.8) is 0 Å². The van der Waals surface area contributed by atoms with Gasteiger partial charge >= 0.3 is 0 Å². The number of hydrogen-bond donors (Lipinski definition) is 1. The largest absolute Gasteiger partial charge is 0.359 e. The number of fused-ring (bicyclic) bond motifs is 3. The van der Waals surface area contributed by atoms with Gasteiger partial charge in [-0.2, -0.15) is 0 Å². The number of rotatable bonds is 0. The molecule has 1 heterocycles. The molecule has 1 unspecified atom stereocenters. The van der Waals surface area contributed by atoms with Crippen molar-refractivity contribution in [3.05, 3.63) is 34.5 Å². The molecule has 1 N–H and O–H groups in total. The summed E-state index contributed by atoms with van der Waals surface area (Å²) in [5.41, 5.74) is 3.73. The summed E-state index contributed by atoms with van der Waals surface area (Å²) >= 11 is 6.01. The molecule has 1 nitrogen and oxygen atoms in total. The number of hydrogen-bond acceptors (Lipinski definition) is 0. The van der Waals surface area contributed by atoms with Crippen molar-refractivity contribution in [1.29, 1.82) is 0 Å². The predicted molar refractivity (Wildman–Crippen MR) is 64.7 cm³/mol. The Morgan fingerprint density at radius 1 is 1.40 bits per heavy atom. The van der Waals surface area contributed by atoms with Crippen molar-refractivity contribution < 1.29 is 0 Å². The van der Waals surface area contributed by atoms with Crippen LogP contribution in [0, 0.1) is 0 Å². The summed E-state index contributed by atoms with van der Waals surface area (Å²) in [7, 11) is 6.08. The highest BCUT2D eigenvalue weighted by Crippen LogP contribution is 2.35. The van der Waals surface area contributed by atoms with Crippen molar-refractivity contribution >= 4 is 30.4 Å². The van der Waals surface area contributed by atoms with Crippen molar-refractivity contribution in [2.45, 2.75) is 25.1 Å². The smallest absolute Gasteiger partial charge is 0.0784 e. The van der Waals surface area contributed by atoms with Gasteiger partial charge in [0.25, 0.3) is 0 Å². The number of halogens is 1. The number of H-pyrrole nitrogens is 1. The van der Waals surface area contributed by atoms with Gasteiger partial charge in [0.05, 0.1) is 7.85 Å². The molecule has 0 bridgehead atoms. The van der Waals surface area contributed by atoms with Crippen LogP contribution in [-0.4, -0.2) is 12.8 Å². The van der Waals surface area contributed by atoms with Crippen LogP contribution in [0.15, 0.2) is 18.2 Å². The van der Waals surface area contributed by atoms with Gasteiger partial charge in [-0.15, -0.1) is 0 Å². The number of aromatic nitrogens is 1. The van der Waals surface area contributed by atoms with Crippen LogP contribution >= 0.6 is 11.6 Å². The van der Waals surface area contributed by atoms with Crippen LogP contribution in [0.4, 0.5) is 0 Å². The van der Waals surface area contributed by atoms with Gasteiger partial charge < -0.3 is 4.98 Å². The third-order valence-corrected chi connectivity index (χ3v) is 3.45. The molecule has 2 aromatic rings. The molecule has 3 rings (SSSR count). The summed E-state index contributed by atoms with van der Waals surface area (Å²) in [6, 6.07) is 5.98. The molecule has 0 saturated heterocycles. The summed E-state index contributed by atoms with van der Waals surface area (Å²) in [6.07, 6.45) is 3.37. The minimum atomic E-state index is 0.167. The molecule has 1 aromatic carbocycles. The third kappa shape index (κ3) is 1.39. The highest BCUT2D eigenvalue weighted by Gasteiger charge is 2.20. The first-order valence-electron chi connectivity index (χ1n) is 5.31. The second-order valence-corrected chi connectivity index (χ2v) is 4.64. The van der Waals surface area contributed by atoms with E-state index in [4.69, 9.17) is 19.4 Å². The second-order valence-electron chi connectivity index (χ2n) is 4.21. The monoisotopic (exact) mass is 215 g/mol. The Hall–Kier alpha value is -0.885. The van der Waals surface area contributed by atoms with E-state index in [2.05, 4.69) is 4.98 Å². The van der Waals surface area contributed by atoms with Crippen LogP contribution in [0.1, 0.15) is 29.9 Å². The highest BCUT2D eigenvalue weighted by atomic mass is 35.5. The molecule has 74 valence electrons. The number of nitrogens with one attached hydrogen (secondary N) is 1. The Labute approximate surface area is 95.2 Å². The molecule has 1 aliphatic rings.